The summed E-state index contributed by atoms with van der Waals surface area (Å²) in [6.45, 7) is 3.59. The molecular weight excluding hydrogens is 370 g/mol. The lowest BCUT2D eigenvalue weighted by molar-refractivity contribution is -0.138. The number of hydrogen-bond acceptors (Lipinski definition) is 4. The van der Waals surface area contributed by atoms with Crippen molar-refractivity contribution in [2.24, 2.45) is 0 Å². The Morgan fingerprint density at radius 3 is 2.45 bits per heavy atom. The molecule has 2 aromatic carbocycles. The maximum atomic E-state index is 13.0. The SMILES string of the molecule is COc1ccccc1CN(C)C(=O)CN1C(=O)N[C@](C)(c2ccc(C)cc2)C1=O. The first-order chi connectivity index (χ1) is 13.8. The van der Waals surface area contributed by atoms with Gasteiger partial charge in [0.2, 0.25) is 5.91 Å². The van der Waals surface area contributed by atoms with Gasteiger partial charge in [0.15, 0.2) is 0 Å². The molecule has 152 valence electrons. The third kappa shape index (κ3) is 3.94. The highest BCUT2D eigenvalue weighted by atomic mass is 16.5. The number of para-hydroxylation sites is 1. The Balaban J connectivity index is 1.72. The molecule has 1 saturated heterocycles. The van der Waals surface area contributed by atoms with Gasteiger partial charge >= 0.3 is 6.03 Å². The summed E-state index contributed by atoms with van der Waals surface area (Å²) >= 11 is 0. The number of nitrogens with zero attached hydrogens (tertiary/aromatic N) is 2. The van der Waals surface area contributed by atoms with Crippen LogP contribution in [0, 0.1) is 6.92 Å². The number of benzene rings is 2. The predicted octanol–water partition coefficient (Wildman–Crippen LogP) is 2.43. The molecule has 0 saturated carbocycles. The Kier molecular flexibility index (Phi) is 5.59. The average Bonchev–Trinajstić information content (AvgIpc) is 2.92. The molecule has 0 radical (unpaired) electrons. The van der Waals surface area contributed by atoms with Gasteiger partial charge in [0.05, 0.1) is 7.11 Å². The number of likely N-dealkylation sites (N-methyl/N-ethyl adjacent to an activating group) is 1. The van der Waals surface area contributed by atoms with Crippen molar-refractivity contribution < 1.29 is 19.1 Å². The lowest BCUT2D eigenvalue weighted by Crippen LogP contribution is -2.43. The van der Waals surface area contributed by atoms with E-state index >= 15 is 0 Å². The Hall–Kier alpha value is -3.35. The van der Waals surface area contributed by atoms with E-state index in [2.05, 4.69) is 5.32 Å². The quantitative estimate of drug-likeness (QED) is 0.762. The summed E-state index contributed by atoms with van der Waals surface area (Å²) in [5.41, 5.74) is 1.39. The highest BCUT2D eigenvalue weighted by Gasteiger charge is 2.49. The molecule has 0 aliphatic carbocycles. The molecule has 1 aliphatic heterocycles. The summed E-state index contributed by atoms with van der Waals surface area (Å²) in [6.07, 6.45) is 0. The predicted molar refractivity (Wildman–Crippen MR) is 108 cm³/mol. The van der Waals surface area contributed by atoms with Gasteiger partial charge in [-0.1, -0.05) is 48.0 Å². The lowest BCUT2D eigenvalue weighted by Gasteiger charge is -2.23. The molecule has 1 atom stereocenters. The number of urea groups is 1. The highest BCUT2D eigenvalue weighted by molar-refractivity contribution is 6.09. The molecule has 1 fully saturated rings. The van der Waals surface area contributed by atoms with Crippen molar-refractivity contribution in [3.63, 3.8) is 0 Å². The Bertz CT molecular complexity index is 941. The standard InChI is InChI=1S/C22H25N3O4/c1-15-9-11-17(12-10-15)22(2)20(27)25(21(28)23-22)14-19(26)24(3)13-16-7-5-6-8-18(16)29-4/h5-12H,13-14H2,1-4H3,(H,23,28)/t22-/m1/s1. The first-order valence-corrected chi connectivity index (χ1v) is 9.33. The molecular formula is C22H25N3O4. The molecule has 4 amide bonds. The third-order valence-electron chi connectivity index (χ3n) is 5.22. The molecule has 7 heteroatoms. The van der Waals surface area contributed by atoms with Crippen LogP contribution in [0.3, 0.4) is 0 Å². The van der Waals surface area contributed by atoms with Crippen LogP contribution in [0.2, 0.25) is 0 Å². The number of nitrogens with one attached hydrogen (secondary N) is 1. The molecule has 0 spiro atoms. The van der Waals surface area contributed by atoms with Gasteiger partial charge in [0, 0.05) is 19.2 Å². The molecule has 0 aromatic heterocycles. The number of hydrogen-bond donors (Lipinski definition) is 1. The van der Waals surface area contributed by atoms with Crippen molar-refractivity contribution in [1.82, 2.24) is 15.1 Å². The van der Waals surface area contributed by atoms with E-state index < -0.39 is 17.5 Å². The number of rotatable bonds is 6. The van der Waals surface area contributed by atoms with Gasteiger partial charge in [0.25, 0.3) is 5.91 Å². The van der Waals surface area contributed by atoms with E-state index in [1.54, 1.807) is 21.1 Å². The Labute approximate surface area is 170 Å². The summed E-state index contributed by atoms with van der Waals surface area (Å²) in [5, 5.41) is 2.72. The molecule has 2 aromatic rings. The van der Waals surface area contributed by atoms with Crippen molar-refractivity contribution in [3.8, 4) is 5.75 Å². The molecule has 29 heavy (non-hydrogen) atoms. The van der Waals surface area contributed by atoms with Crippen molar-refractivity contribution in [2.45, 2.75) is 25.9 Å². The van der Waals surface area contributed by atoms with Gasteiger partial charge in [0.1, 0.15) is 17.8 Å². The second kappa shape index (κ2) is 7.95. The van der Waals surface area contributed by atoms with Gasteiger partial charge in [-0.3, -0.25) is 14.5 Å². The fourth-order valence-corrected chi connectivity index (χ4v) is 3.36. The van der Waals surface area contributed by atoms with Crippen LogP contribution >= 0.6 is 0 Å². The number of methoxy groups -OCH3 is 1. The van der Waals surface area contributed by atoms with Gasteiger partial charge in [-0.2, -0.15) is 0 Å². The topological polar surface area (TPSA) is 79.0 Å². The Morgan fingerprint density at radius 1 is 1.14 bits per heavy atom. The normalized spacial score (nSPS) is 18.6. The summed E-state index contributed by atoms with van der Waals surface area (Å²) in [7, 11) is 3.20. The number of carbonyl (C=O) groups excluding carboxylic acids is 3. The van der Waals surface area contributed by atoms with E-state index in [1.165, 1.54) is 4.90 Å². The smallest absolute Gasteiger partial charge is 0.325 e. The van der Waals surface area contributed by atoms with Crippen LogP contribution in [0.15, 0.2) is 48.5 Å². The Morgan fingerprint density at radius 2 is 1.79 bits per heavy atom. The van der Waals surface area contributed by atoms with Crippen molar-refractivity contribution in [1.29, 1.82) is 0 Å². The third-order valence-corrected chi connectivity index (χ3v) is 5.22. The van der Waals surface area contributed by atoms with Gasteiger partial charge in [-0.25, -0.2) is 4.79 Å². The highest BCUT2D eigenvalue weighted by Crippen LogP contribution is 2.29. The van der Waals surface area contributed by atoms with Crippen LogP contribution in [-0.2, 0) is 21.7 Å². The summed E-state index contributed by atoms with van der Waals surface area (Å²) in [4.78, 5) is 40.6. The van der Waals surface area contributed by atoms with E-state index in [0.29, 0.717) is 17.9 Å². The minimum absolute atomic E-state index is 0.307. The fourth-order valence-electron chi connectivity index (χ4n) is 3.36. The summed E-state index contributed by atoms with van der Waals surface area (Å²) < 4.78 is 5.31. The van der Waals surface area contributed by atoms with Crippen molar-refractivity contribution in [3.05, 3.63) is 65.2 Å². The molecule has 0 unspecified atom stereocenters. The number of imide groups is 1. The first-order valence-electron chi connectivity index (χ1n) is 9.33. The molecule has 1 heterocycles. The summed E-state index contributed by atoms with van der Waals surface area (Å²) in [6, 6.07) is 14.2. The average molecular weight is 395 g/mol. The number of carbonyl (C=O) groups is 3. The second-order valence-electron chi connectivity index (χ2n) is 7.37. The fraction of sp³-hybridized carbons (Fsp3) is 0.318. The molecule has 7 nitrogen and oxygen atoms in total. The summed E-state index contributed by atoms with van der Waals surface area (Å²) in [5.74, 6) is -0.105. The van der Waals surface area contributed by atoms with Crippen LogP contribution in [0.5, 0.6) is 5.75 Å². The van der Waals surface area contributed by atoms with Gasteiger partial charge in [-0.05, 0) is 25.5 Å². The maximum absolute atomic E-state index is 13.0. The molecule has 1 aliphatic rings. The zero-order chi connectivity index (χ0) is 21.2. The minimum atomic E-state index is -1.19. The van der Waals surface area contributed by atoms with E-state index in [1.807, 2.05) is 55.5 Å². The number of aryl methyl sites for hydroxylation is 1. The zero-order valence-corrected chi connectivity index (χ0v) is 17.1. The van der Waals surface area contributed by atoms with Gasteiger partial charge in [-0.15, -0.1) is 0 Å². The van der Waals surface area contributed by atoms with Crippen LogP contribution < -0.4 is 10.1 Å². The van der Waals surface area contributed by atoms with Crippen molar-refractivity contribution >= 4 is 17.8 Å². The number of amides is 4. The second-order valence-corrected chi connectivity index (χ2v) is 7.37. The van der Waals surface area contributed by atoms with Gasteiger partial charge < -0.3 is 15.0 Å². The van der Waals surface area contributed by atoms with E-state index in [0.717, 1.165) is 16.0 Å². The lowest BCUT2D eigenvalue weighted by atomic mass is 9.91. The van der Waals surface area contributed by atoms with Crippen LogP contribution in [0.4, 0.5) is 4.79 Å². The molecule has 1 N–H and O–H groups in total. The van der Waals surface area contributed by atoms with Crippen LogP contribution in [-0.4, -0.2) is 48.3 Å². The molecule has 0 bridgehead atoms. The van der Waals surface area contributed by atoms with E-state index in [-0.39, 0.29) is 12.5 Å². The first kappa shape index (κ1) is 20.4. The maximum Gasteiger partial charge on any atom is 0.325 e. The monoisotopic (exact) mass is 395 g/mol. The van der Waals surface area contributed by atoms with Crippen LogP contribution in [0.25, 0.3) is 0 Å². The zero-order valence-electron chi connectivity index (χ0n) is 17.1. The van der Waals surface area contributed by atoms with E-state index in [9.17, 15) is 14.4 Å². The van der Waals surface area contributed by atoms with E-state index in [4.69, 9.17) is 4.74 Å². The minimum Gasteiger partial charge on any atom is -0.496 e. The largest absolute Gasteiger partial charge is 0.496 e. The van der Waals surface area contributed by atoms with Crippen LogP contribution in [0.1, 0.15) is 23.6 Å². The molecule has 3 rings (SSSR count). The number of ether oxygens (including phenoxy) is 1. The van der Waals surface area contributed by atoms with Crippen molar-refractivity contribution in [2.75, 3.05) is 20.7 Å².